The number of nitrogens with one attached hydrogen (secondary N) is 4. The second-order valence-electron chi connectivity index (χ2n) is 16.6. The van der Waals surface area contributed by atoms with E-state index in [1.165, 1.54) is 32.4 Å². The Morgan fingerprint density at radius 1 is 0.857 bits per heavy atom. The number of piperazine rings is 1. The van der Waals surface area contributed by atoms with Crippen molar-refractivity contribution in [3.05, 3.63) is 95.2 Å². The van der Waals surface area contributed by atoms with Gasteiger partial charge in [0.05, 0.1) is 46.4 Å². The van der Waals surface area contributed by atoms with Gasteiger partial charge in [-0.15, -0.1) is 0 Å². The summed E-state index contributed by atoms with van der Waals surface area (Å²) in [6.45, 7) is 4.45. The van der Waals surface area contributed by atoms with E-state index < -0.39 is 47.3 Å². The highest BCUT2D eigenvalue weighted by Gasteiger charge is 2.48. The maximum Gasteiger partial charge on any atom is 0.419 e. The zero-order valence-electron chi connectivity index (χ0n) is 34.6. The number of carbonyl (C=O) groups is 5. The molecule has 18 heteroatoms. The monoisotopic (exact) mass is 865 g/mol. The first kappa shape index (κ1) is 41.7. The van der Waals surface area contributed by atoms with Crippen molar-refractivity contribution in [3.63, 3.8) is 0 Å². The van der Waals surface area contributed by atoms with Crippen molar-refractivity contribution in [2.75, 3.05) is 67.3 Å². The molecular weight excluding hydrogens is 820 g/mol. The molecule has 15 nitrogen and oxygen atoms in total. The van der Waals surface area contributed by atoms with E-state index in [0.29, 0.717) is 22.9 Å². The average molecular weight is 866 g/mol. The van der Waals surface area contributed by atoms with Crippen molar-refractivity contribution >= 4 is 63.8 Å². The highest BCUT2D eigenvalue weighted by Crippen LogP contribution is 2.42. The third kappa shape index (κ3) is 7.98. The summed E-state index contributed by atoms with van der Waals surface area (Å²) < 4.78 is 48.0. The summed E-state index contributed by atoms with van der Waals surface area (Å²) in [7, 11) is 2.98. The fourth-order valence-corrected chi connectivity index (χ4v) is 9.67. The molecule has 0 aliphatic carbocycles. The lowest BCUT2D eigenvalue weighted by Gasteiger charge is -2.58. The van der Waals surface area contributed by atoms with Crippen LogP contribution in [0.3, 0.4) is 0 Å². The molecule has 5 amide bonds. The summed E-state index contributed by atoms with van der Waals surface area (Å²) >= 11 is 0. The van der Waals surface area contributed by atoms with E-state index in [9.17, 15) is 37.1 Å². The lowest BCUT2D eigenvalue weighted by Crippen LogP contribution is -2.69. The molecule has 328 valence electrons. The van der Waals surface area contributed by atoms with Gasteiger partial charge in [0.2, 0.25) is 11.8 Å². The molecular formula is C45H46F3N9O6. The van der Waals surface area contributed by atoms with Gasteiger partial charge in [-0.25, -0.2) is 4.98 Å². The smallest absolute Gasteiger partial charge is 0.419 e. The maximum absolute atomic E-state index is 14.1. The van der Waals surface area contributed by atoms with Crippen LogP contribution in [0.25, 0.3) is 0 Å². The number of nitrogens with zero attached hydrogens (tertiary/aromatic N) is 5. The topological polar surface area (TPSA) is 169 Å². The van der Waals surface area contributed by atoms with E-state index in [0.717, 1.165) is 74.5 Å². The maximum atomic E-state index is 14.1. The number of imide groups is 2. The van der Waals surface area contributed by atoms with Crippen LogP contribution in [0.1, 0.15) is 68.7 Å². The quantitative estimate of drug-likeness (QED) is 0.139. The summed E-state index contributed by atoms with van der Waals surface area (Å²) in [5, 5.41) is 10.6. The standard InChI is InChI=1S/C45H46F3N9O6/c1-49-41(59)31-5-3-4-6-34(31)51-36-20-39(50-21-33(36)45(46,47)48)52-35-10-8-26(19-38(35)63-2)55-15-13-25(14-16-55)22-54-23-28-17-29(24-54)56(28)27-7-9-30-32(18-27)44(62)57(43(30)61)37-11-12-40(58)53-42(37)60/h3-10,18-21,25,28-29,37H,11-17,22-24H2,1-2H3,(H,49,59)(H2,50,51,52)(H,53,58,60). The number of pyridine rings is 1. The Labute approximate surface area is 360 Å². The first-order valence-electron chi connectivity index (χ1n) is 21.0. The number of halogens is 3. The van der Waals surface area contributed by atoms with Crippen LogP contribution in [-0.4, -0.2) is 109 Å². The molecule has 5 fully saturated rings. The summed E-state index contributed by atoms with van der Waals surface area (Å²) in [4.78, 5) is 75.5. The molecule has 4 aromatic rings. The predicted molar refractivity (Wildman–Crippen MR) is 228 cm³/mol. The van der Waals surface area contributed by atoms with Crippen LogP contribution in [0.4, 0.5) is 47.4 Å². The third-order valence-electron chi connectivity index (χ3n) is 12.8. The Morgan fingerprint density at radius 3 is 2.30 bits per heavy atom. The number of benzene rings is 3. The molecule has 2 bridgehead atoms. The zero-order valence-corrected chi connectivity index (χ0v) is 34.6. The van der Waals surface area contributed by atoms with E-state index in [4.69, 9.17) is 4.74 Å². The van der Waals surface area contributed by atoms with Gasteiger partial charge in [-0.2, -0.15) is 13.2 Å². The molecule has 0 saturated carbocycles. The normalized spacial score (nSPS) is 21.5. The highest BCUT2D eigenvalue weighted by atomic mass is 19.4. The number of para-hydroxylation sites is 1. The van der Waals surface area contributed by atoms with Crippen molar-refractivity contribution in [1.29, 1.82) is 0 Å². The lowest BCUT2D eigenvalue weighted by molar-refractivity contribution is -0.137. The number of hydrogen-bond acceptors (Lipinski definition) is 12. The number of piperidine rings is 3. The van der Waals surface area contributed by atoms with E-state index >= 15 is 0 Å². The van der Waals surface area contributed by atoms with E-state index in [1.807, 2.05) is 24.3 Å². The Morgan fingerprint density at radius 2 is 1.59 bits per heavy atom. The Bertz CT molecular complexity index is 2500. The minimum atomic E-state index is -4.71. The minimum absolute atomic E-state index is 0.0720. The van der Waals surface area contributed by atoms with E-state index in [-0.39, 0.29) is 53.2 Å². The van der Waals surface area contributed by atoms with Crippen molar-refractivity contribution in [3.8, 4) is 5.75 Å². The van der Waals surface area contributed by atoms with Crippen LogP contribution in [0.5, 0.6) is 5.75 Å². The van der Waals surface area contributed by atoms with Crippen LogP contribution in [-0.2, 0) is 15.8 Å². The minimum Gasteiger partial charge on any atom is -0.494 e. The van der Waals surface area contributed by atoms with Gasteiger partial charge in [-0.1, -0.05) is 12.1 Å². The molecule has 3 aromatic carbocycles. The third-order valence-corrected chi connectivity index (χ3v) is 12.8. The zero-order chi connectivity index (χ0) is 44.2. The molecule has 3 atom stereocenters. The Balaban J connectivity index is 0.800. The van der Waals surface area contributed by atoms with Crippen molar-refractivity contribution < 1.29 is 41.9 Å². The highest BCUT2D eigenvalue weighted by molar-refractivity contribution is 6.23. The molecule has 0 radical (unpaired) electrons. The Hall–Kier alpha value is -6.69. The van der Waals surface area contributed by atoms with Crippen LogP contribution >= 0.6 is 0 Å². The van der Waals surface area contributed by atoms with Gasteiger partial charge in [0.25, 0.3) is 17.7 Å². The SMILES string of the molecule is CNC(=O)c1ccccc1Nc1cc(Nc2ccc(N3CCC(CN4CC5CC(C4)N5c4ccc5c(c4)C(=O)N(C4CCC(=O)NC4=O)C5=O)CC3)cc2OC)ncc1C(F)(F)F. The number of anilines is 6. The van der Waals surface area contributed by atoms with Gasteiger partial charge < -0.3 is 30.5 Å². The largest absolute Gasteiger partial charge is 0.494 e. The molecule has 0 spiro atoms. The summed E-state index contributed by atoms with van der Waals surface area (Å²) in [6, 6.07) is 18.2. The fourth-order valence-electron chi connectivity index (χ4n) is 9.67. The number of amides is 5. The van der Waals surface area contributed by atoms with E-state index in [2.05, 4.69) is 41.0 Å². The average Bonchev–Trinajstić information content (AvgIpc) is 3.51. The number of ether oxygens (including phenoxy) is 1. The van der Waals surface area contributed by atoms with E-state index in [1.54, 1.807) is 24.3 Å². The van der Waals surface area contributed by atoms with Gasteiger partial charge in [-0.05, 0) is 74.1 Å². The molecule has 63 heavy (non-hydrogen) atoms. The van der Waals surface area contributed by atoms with Crippen molar-refractivity contribution in [1.82, 2.24) is 25.4 Å². The van der Waals surface area contributed by atoms with Gasteiger partial charge >= 0.3 is 6.18 Å². The number of hydrogen-bond donors (Lipinski definition) is 4. The number of rotatable bonds is 11. The molecule has 1 aromatic heterocycles. The number of aromatic nitrogens is 1. The lowest BCUT2D eigenvalue weighted by atomic mass is 9.85. The number of methoxy groups -OCH3 is 1. The molecule has 3 unspecified atom stereocenters. The van der Waals surface area contributed by atoms with Crippen molar-refractivity contribution in [2.24, 2.45) is 5.92 Å². The Kier molecular flexibility index (Phi) is 10.9. The second-order valence-corrected chi connectivity index (χ2v) is 16.6. The first-order valence-corrected chi connectivity index (χ1v) is 21.0. The molecule has 4 N–H and O–H groups in total. The molecule has 7 heterocycles. The van der Waals surface area contributed by atoms with Crippen LogP contribution in [0.15, 0.2) is 72.9 Å². The summed E-state index contributed by atoms with van der Waals surface area (Å²) in [5.41, 5.74) is 2.09. The summed E-state index contributed by atoms with van der Waals surface area (Å²) in [6.07, 6.45) is -0.721. The molecule has 10 rings (SSSR count). The molecule has 6 aliphatic rings. The van der Waals surface area contributed by atoms with Crippen LogP contribution < -0.4 is 35.8 Å². The van der Waals surface area contributed by atoms with Gasteiger partial charge in [0.15, 0.2) is 0 Å². The molecule has 6 aliphatic heterocycles. The van der Waals surface area contributed by atoms with Crippen LogP contribution in [0, 0.1) is 5.92 Å². The van der Waals surface area contributed by atoms with Gasteiger partial charge in [0.1, 0.15) is 17.6 Å². The van der Waals surface area contributed by atoms with Crippen LogP contribution in [0.2, 0.25) is 0 Å². The number of carbonyl (C=O) groups excluding carboxylic acids is 5. The fraction of sp³-hybridized carbons (Fsp3) is 0.378. The predicted octanol–water partition coefficient (Wildman–Crippen LogP) is 5.54. The van der Waals surface area contributed by atoms with Gasteiger partial charge in [0, 0.05) is 88.0 Å². The number of alkyl halides is 3. The second kappa shape index (κ2) is 16.5. The molecule has 5 saturated heterocycles. The first-order chi connectivity index (χ1) is 30.3. The summed E-state index contributed by atoms with van der Waals surface area (Å²) in [5.74, 6) is -1.34. The van der Waals surface area contributed by atoms with Gasteiger partial charge in [-0.3, -0.25) is 39.1 Å². The number of fused-ring (bicyclic) bond motifs is 3. The van der Waals surface area contributed by atoms with Crippen molar-refractivity contribution in [2.45, 2.75) is 56.4 Å².